The zero-order chi connectivity index (χ0) is 20.2. The maximum atomic E-state index is 13.1. The third kappa shape index (κ3) is 4.44. The second-order valence-electron chi connectivity index (χ2n) is 7.59. The molecule has 0 aromatic carbocycles. The summed E-state index contributed by atoms with van der Waals surface area (Å²) in [6, 6.07) is 3.92. The van der Waals surface area contributed by atoms with E-state index in [1.807, 2.05) is 40.9 Å². The van der Waals surface area contributed by atoms with Gasteiger partial charge in [0.25, 0.3) is 0 Å². The molecule has 0 N–H and O–H groups in total. The molecule has 2 fully saturated rings. The van der Waals surface area contributed by atoms with Crippen LogP contribution in [-0.4, -0.2) is 64.3 Å². The number of aromatic nitrogens is 3. The Morgan fingerprint density at radius 2 is 1.79 bits per heavy atom. The van der Waals surface area contributed by atoms with E-state index in [0.29, 0.717) is 39.1 Å². The Bertz CT molecular complexity index is 829. The van der Waals surface area contributed by atoms with Gasteiger partial charge in [-0.1, -0.05) is 11.3 Å². The number of carbonyl (C=O) groups excluding carboxylic acids is 2. The molecule has 0 unspecified atom stereocenters. The molecular formula is C20H27N5O3S. The van der Waals surface area contributed by atoms with Gasteiger partial charge in [0.05, 0.1) is 18.4 Å². The van der Waals surface area contributed by atoms with Gasteiger partial charge in [0.15, 0.2) is 0 Å². The lowest BCUT2D eigenvalue weighted by Crippen LogP contribution is -2.48. The first-order valence-corrected chi connectivity index (χ1v) is 11.1. The van der Waals surface area contributed by atoms with Crippen molar-refractivity contribution in [3.8, 4) is 5.13 Å². The topological polar surface area (TPSA) is 80.6 Å². The van der Waals surface area contributed by atoms with Crippen molar-refractivity contribution >= 4 is 28.3 Å². The molecule has 0 saturated carbocycles. The first-order valence-electron chi connectivity index (χ1n) is 10.3. The van der Waals surface area contributed by atoms with Crippen LogP contribution < -0.4 is 4.90 Å². The molecule has 0 bridgehead atoms. The summed E-state index contributed by atoms with van der Waals surface area (Å²) in [6.45, 7) is 5.08. The van der Waals surface area contributed by atoms with Gasteiger partial charge in [0.2, 0.25) is 16.2 Å². The van der Waals surface area contributed by atoms with Gasteiger partial charge in [-0.2, -0.15) is 0 Å². The lowest BCUT2D eigenvalue weighted by atomic mass is 9.93. The number of hydrogen-bond acceptors (Lipinski definition) is 7. The average Bonchev–Trinajstić information content (AvgIpc) is 3.45. The van der Waals surface area contributed by atoms with Crippen molar-refractivity contribution in [2.24, 2.45) is 11.8 Å². The highest BCUT2D eigenvalue weighted by Gasteiger charge is 2.34. The summed E-state index contributed by atoms with van der Waals surface area (Å²) in [5, 5.41) is 10.3. The van der Waals surface area contributed by atoms with Crippen molar-refractivity contribution in [2.45, 2.75) is 32.6 Å². The molecule has 0 spiro atoms. The van der Waals surface area contributed by atoms with E-state index in [-0.39, 0.29) is 23.7 Å². The van der Waals surface area contributed by atoms with Gasteiger partial charge in [-0.15, -0.1) is 10.2 Å². The fourth-order valence-electron chi connectivity index (χ4n) is 4.11. The lowest BCUT2D eigenvalue weighted by molar-refractivity contribution is -0.151. The largest absolute Gasteiger partial charge is 0.466 e. The number of rotatable bonds is 5. The molecule has 1 atom stereocenters. The van der Waals surface area contributed by atoms with Gasteiger partial charge < -0.3 is 14.5 Å². The minimum absolute atomic E-state index is 0.0261. The van der Waals surface area contributed by atoms with Crippen molar-refractivity contribution in [3.63, 3.8) is 0 Å². The van der Waals surface area contributed by atoms with Crippen LogP contribution in [0.5, 0.6) is 0 Å². The Labute approximate surface area is 174 Å². The summed E-state index contributed by atoms with van der Waals surface area (Å²) in [5.74, 6) is -0.0254. The first-order chi connectivity index (χ1) is 14.2. The monoisotopic (exact) mass is 417 g/mol. The van der Waals surface area contributed by atoms with Crippen molar-refractivity contribution in [1.29, 1.82) is 0 Å². The summed E-state index contributed by atoms with van der Waals surface area (Å²) in [7, 11) is 0. The van der Waals surface area contributed by atoms with Gasteiger partial charge in [0.1, 0.15) is 0 Å². The van der Waals surface area contributed by atoms with E-state index in [1.165, 1.54) is 0 Å². The number of ether oxygens (including phenoxy) is 1. The van der Waals surface area contributed by atoms with Crippen LogP contribution in [0, 0.1) is 11.8 Å². The van der Waals surface area contributed by atoms with E-state index < -0.39 is 0 Å². The van der Waals surface area contributed by atoms with Gasteiger partial charge >= 0.3 is 5.97 Å². The molecule has 2 aromatic heterocycles. The van der Waals surface area contributed by atoms with E-state index in [9.17, 15) is 9.59 Å². The fraction of sp³-hybridized carbons (Fsp3) is 0.600. The number of amides is 1. The Hall–Kier alpha value is -2.42. The van der Waals surface area contributed by atoms with Crippen LogP contribution in [0.4, 0.5) is 5.13 Å². The molecular weight excluding hydrogens is 390 g/mol. The van der Waals surface area contributed by atoms with Crippen LogP contribution in [0.25, 0.3) is 5.13 Å². The van der Waals surface area contributed by atoms with Crippen molar-refractivity contribution in [2.75, 3.05) is 37.7 Å². The van der Waals surface area contributed by atoms with Crippen LogP contribution in [0.1, 0.15) is 32.6 Å². The normalized spacial score (nSPS) is 20.7. The molecule has 0 aliphatic carbocycles. The second kappa shape index (κ2) is 8.94. The highest BCUT2D eigenvalue weighted by molar-refractivity contribution is 7.17. The summed E-state index contributed by atoms with van der Waals surface area (Å²) >= 11 is 1.54. The Morgan fingerprint density at radius 3 is 2.52 bits per heavy atom. The smallest absolute Gasteiger partial charge is 0.309 e. The molecule has 2 aliphatic heterocycles. The number of anilines is 1. The van der Waals surface area contributed by atoms with Crippen LogP contribution in [0.15, 0.2) is 24.5 Å². The van der Waals surface area contributed by atoms with E-state index in [1.54, 1.807) is 11.3 Å². The van der Waals surface area contributed by atoms with Crippen molar-refractivity contribution < 1.29 is 14.3 Å². The van der Waals surface area contributed by atoms with Gasteiger partial charge in [-0.3, -0.25) is 14.2 Å². The second-order valence-corrected chi connectivity index (χ2v) is 8.53. The highest BCUT2D eigenvalue weighted by atomic mass is 32.1. The summed E-state index contributed by atoms with van der Waals surface area (Å²) in [6.07, 6.45) is 7.15. The molecule has 2 saturated heterocycles. The van der Waals surface area contributed by atoms with Crippen LogP contribution in [0.3, 0.4) is 0 Å². The predicted molar refractivity (Wildman–Crippen MR) is 110 cm³/mol. The third-order valence-corrected chi connectivity index (χ3v) is 6.69. The number of nitrogens with zero attached hydrogens (tertiary/aromatic N) is 5. The molecule has 29 heavy (non-hydrogen) atoms. The van der Waals surface area contributed by atoms with Crippen LogP contribution >= 0.6 is 11.3 Å². The quantitative estimate of drug-likeness (QED) is 0.695. The number of carbonyl (C=O) groups is 2. The maximum absolute atomic E-state index is 13.1. The molecule has 156 valence electrons. The number of hydrogen-bond donors (Lipinski definition) is 0. The van der Waals surface area contributed by atoms with Crippen LogP contribution in [-0.2, 0) is 14.3 Å². The maximum Gasteiger partial charge on any atom is 0.309 e. The van der Waals surface area contributed by atoms with Crippen molar-refractivity contribution in [1.82, 2.24) is 19.7 Å². The molecule has 0 radical (unpaired) electrons. The van der Waals surface area contributed by atoms with E-state index in [0.717, 1.165) is 29.6 Å². The molecule has 9 heteroatoms. The van der Waals surface area contributed by atoms with E-state index >= 15 is 0 Å². The summed E-state index contributed by atoms with van der Waals surface area (Å²) in [4.78, 5) is 29.1. The first kappa shape index (κ1) is 19.9. The number of esters is 1. The zero-order valence-electron chi connectivity index (χ0n) is 16.7. The SMILES string of the molecule is CCOC(=O)C1CCN(C(=O)[C@H]2CCCN(c3nnc(-n4cccc4)s3)C2)CC1. The van der Waals surface area contributed by atoms with Crippen LogP contribution in [0.2, 0.25) is 0 Å². The zero-order valence-corrected chi connectivity index (χ0v) is 17.5. The molecule has 8 nitrogen and oxygen atoms in total. The molecule has 4 heterocycles. The molecule has 4 rings (SSSR count). The van der Waals surface area contributed by atoms with E-state index in [2.05, 4.69) is 15.1 Å². The lowest BCUT2D eigenvalue weighted by Gasteiger charge is -2.37. The molecule has 2 aromatic rings. The van der Waals surface area contributed by atoms with Gasteiger partial charge in [-0.05, 0) is 44.7 Å². The minimum atomic E-state index is -0.127. The predicted octanol–water partition coefficient (Wildman–Crippen LogP) is 2.35. The average molecular weight is 418 g/mol. The Kier molecular flexibility index (Phi) is 6.13. The fourth-order valence-corrected chi connectivity index (χ4v) is 4.96. The standard InChI is InChI=1S/C20H27N5O3S/c1-2-28-18(27)15-7-12-23(13-8-15)17(26)16-6-5-11-25(14-16)20-22-21-19(29-20)24-9-3-4-10-24/h3-4,9-10,15-16H,2,5-8,11-14H2,1H3/t16-/m0/s1. The third-order valence-electron chi connectivity index (χ3n) is 5.70. The Morgan fingerprint density at radius 1 is 1.07 bits per heavy atom. The van der Waals surface area contributed by atoms with Gasteiger partial charge in [0, 0.05) is 38.6 Å². The van der Waals surface area contributed by atoms with Gasteiger partial charge in [-0.25, -0.2) is 0 Å². The summed E-state index contributed by atoms with van der Waals surface area (Å²) in [5.41, 5.74) is 0. The van der Waals surface area contributed by atoms with E-state index in [4.69, 9.17) is 4.74 Å². The molecule has 1 amide bonds. The summed E-state index contributed by atoms with van der Waals surface area (Å²) < 4.78 is 7.07. The Balaban J connectivity index is 1.34. The minimum Gasteiger partial charge on any atom is -0.466 e. The molecule has 2 aliphatic rings. The number of likely N-dealkylation sites (tertiary alicyclic amines) is 1. The highest BCUT2D eigenvalue weighted by Crippen LogP contribution is 2.29. The number of piperidine rings is 2. The van der Waals surface area contributed by atoms with Crippen molar-refractivity contribution in [3.05, 3.63) is 24.5 Å².